The summed E-state index contributed by atoms with van der Waals surface area (Å²) < 4.78 is 32.9. The van der Waals surface area contributed by atoms with Gasteiger partial charge in [-0.3, -0.25) is 9.10 Å². The van der Waals surface area contributed by atoms with Crippen molar-refractivity contribution in [3.05, 3.63) is 52.5 Å². The highest BCUT2D eigenvalue weighted by Crippen LogP contribution is 2.38. The van der Waals surface area contributed by atoms with Crippen molar-refractivity contribution in [2.45, 2.75) is 17.4 Å². The summed E-state index contributed by atoms with van der Waals surface area (Å²) in [5.41, 5.74) is 6.48. The van der Waals surface area contributed by atoms with Gasteiger partial charge in [0.05, 0.1) is 17.7 Å². The van der Waals surface area contributed by atoms with E-state index in [-0.39, 0.29) is 11.3 Å². The lowest BCUT2D eigenvalue weighted by molar-refractivity contribution is -0.118. The number of fused-ring (bicyclic) bond motifs is 1. The van der Waals surface area contributed by atoms with Crippen molar-refractivity contribution >= 4 is 37.5 Å². The third-order valence-electron chi connectivity index (χ3n) is 3.82. The normalized spacial score (nSPS) is 16.8. The van der Waals surface area contributed by atoms with E-state index in [0.29, 0.717) is 17.0 Å². The first-order chi connectivity index (χ1) is 11.3. The summed E-state index contributed by atoms with van der Waals surface area (Å²) in [6.45, 7) is 0. The number of benzene rings is 2. The average Bonchev–Trinajstić information content (AvgIpc) is 2.94. The molecule has 1 heterocycles. The summed E-state index contributed by atoms with van der Waals surface area (Å²) in [6, 6.07) is 11.3. The summed E-state index contributed by atoms with van der Waals surface area (Å²) in [6.07, 6.45) is 0.218. The van der Waals surface area contributed by atoms with E-state index in [1.165, 1.54) is 19.2 Å². The molecule has 2 aromatic rings. The minimum atomic E-state index is -3.95. The molecule has 8 heteroatoms. The first-order valence-electron chi connectivity index (χ1n) is 7.02. The molecule has 2 N–H and O–H groups in total. The molecule has 0 fully saturated rings. The summed E-state index contributed by atoms with van der Waals surface area (Å²) >= 11 is 3.32. The van der Waals surface area contributed by atoms with E-state index >= 15 is 0 Å². The van der Waals surface area contributed by atoms with Crippen LogP contribution < -0.4 is 14.8 Å². The molecule has 1 aliphatic rings. The van der Waals surface area contributed by atoms with E-state index in [2.05, 4.69) is 22.0 Å². The number of amides is 1. The number of sulfonamides is 1. The van der Waals surface area contributed by atoms with Gasteiger partial charge in [-0.2, -0.15) is 0 Å². The fraction of sp³-hybridized carbons (Fsp3) is 0.188. The Morgan fingerprint density at radius 2 is 2.04 bits per heavy atom. The van der Waals surface area contributed by atoms with Crippen molar-refractivity contribution in [3.8, 4) is 5.75 Å². The highest BCUT2D eigenvalue weighted by atomic mass is 79.9. The lowest BCUT2D eigenvalue weighted by Crippen LogP contribution is -2.46. The van der Waals surface area contributed by atoms with Crippen molar-refractivity contribution in [2.24, 2.45) is 5.73 Å². The zero-order valence-corrected chi connectivity index (χ0v) is 15.1. The number of carbonyl (C=O) groups excluding carboxylic acids is 1. The maximum Gasteiger partial charge on any atom is 0.265 e. The molecule has 0 bridgehead atoms. The average molecular weight is 410 g/mol. The summed E-state index contributed by atoms with van der Waals surface area (Å²) in [5, 5.41) is 0. The summed E-state index contributed by atoms with van der Waals surface area (Å²) in [7, 11) is -2.46. The summed E-state index contributed by atoms with van der Waals surface area (Å²) in [5.74, 6) is -0.162. The van der Waals surface area contributed by atoms with Gasteiger partial charge < -0.3 is 10.5 Å². The standard InChI is InChI=1S/C16H14BrN2O4S/c1-23-12-3-5-13(6-4-12)24(21,22)19-14-7-2-11(17)8-10(14)9-15(19)16(18)20/h2-6,8,15H,9H2,1H3,(H2,18,20). The number of rotatable bonds is 4. The van der Waals surface area contributed by atoms with Crippen molar-refractivity contribution < 1.29 is 17.9 Å². The quantitative estimate of drug-likeness (QED) is 0.834. The van der Waals surface area contributed by atoms with Gasteiger partial charge in [-0.05, 0) is 42.0 Å². The molecule has 2 aromatic carbocycles. The third-order valence-corrected chi connectivity index (χ3v) is 6.11. The van der Waals surface area contributed by atoms with Gasteiger partial charge in [-0.15, -0.1) is 0 Å². The molecule has 24 heavy (non-hydrogen) atoms. The Morgan fingerprint density at radius 1 is 1.38 bits per heavy atom. The number of hydrogen-bond donors (Lipinski definition) is 1. The van der Waals surface area contributed by atoms with E-state index in [9.17, 15) is 13.2 Å². The number of anilines is 1. The zero-order chi connectivity index (χ0) is 17.5. The molecule has 6 nitrogen and oxygen atoms in total. The van der Waals surface area contributed by atoms with Crippen LogP contribution in [-0.4, -0.2) is 27.5 Å². The Labute approximate surface area is 148 Å². The molecule has 0 aromatic heterocycles. The van der Waals surface area contributed by atoms with Crippen LogP contribution in [0.4, 0.5) is 5.69 Å². The van der Waals surface area contributed by atoms with Crippen LogP contribution in [0.1, 0.15) is 5.56 Å². The molecule has 1 amide bonds. The Bertz CT molecular complexity index is 897. The highest BCUT2D eigenvalue weighted by Gasteiger charge is 2.41. The molecular weight excluding hydrogens is 396 g/mol. The maximum absolute atomic E-state index is 13.0. The Morgan fingerprint density at radius 3 is 2.62 bits per heavy atom. The van der Waals surface area contributed by atoms with Crippen LogP contribution >= 0.6 is 15.9 Å². The van der Waals surface area contributed by atoms with E-state index < -0.39 is 22.0 Å². The van der Waals surface area contributed by atoms with Crippen LogP contribution in [0.2, 0.25) is 0 Å². The lowest BCUT2D eigenvalue weighted by atomic mass is 10.1. The molecule has 125 valence electrons. The predicted molar refractivity (Wildman–Crippen MR) is 92.3 cm³/mol. The SMILES string of the molecule is COc1ccc(S(=O)(=O)N2c3[c]cc(Br)cc3CC2C(N)=O)cc1. The van der Waals surface area contributed by atoms with Gasteiger partial charge in [0.25, 0.3) is 10.0 Å². The van der Waals surface area contributed by atoms with E-state index in [1.54, 1.807) is 24.3 Å². The maximum atomic E-state index is 13.0. The lowest BCUT2D eigenvalue weighted by Gasteiger charge is -2.24. The molecule has 0 saturated heterocycles. The van der Waals surface area contributed by atoms with E-state index in [4.69, 9.17) is 10.5 Å². The molecule has 0 saturated carbocycles. The van der Waals surface area contributed by atoms with Crippen LogP contribution in [0.5, 0.6) is 5.75 Å². The van der Waals surface area contributed by atoms with Gasteiger partial charge in [0.2, 0.25) is 5.91 Å². The minimum Gasteiger partial charge on any atom is -0.497 e. The van der Waals surface area contributed by atoms with E-state index in [1.807, 2.05) is 0 Å². The minimum absolute atomic E-state index is 0.0544. The predicted octanol–water partition coefficient (Wildman–Crippen LogP) is 1.86. The smallest absolute Gasteiger partial charge is 0.265 e. The van der Waals surface area contributed by atoms with Crippen molar-refractivity contribution in [1.82, 2.24) is 0 Å². The van der Waals surface area contributed by atoms with E-state index in [0.717, 1.165) is 8.78 Å². The fourth-order valence-corrected chi connectivity index (χ4v) is 4.70. The molecule has 0 spiro atoms. The Kier molecular flexibility index (Phi) is 4.27. The number of halogens is 1. The van der Waals surface area contributed by atoms with Crippen LogP contribution in [0, 0.1) is 6.07 Å². The second-order valence-electron chi connectivity index (χ2n) is 5.29. The van der Waals surface area contributed by atoms with Gasteiger partial charge in [0, 0.05) is 17.0 Å². The van der Waals surface area contributed by atoms with Crippen LogP contribution in [-0.2, 0) is 21.2 Å². The fourth-order valence-electron chi connectivity index (χ4n) is 2.68. The van der Waals surface area contributed by atoms with Crippen molar-refractivity contribution in [2.75, 3.05) is 11.4 Å². The molecule has 0 aliphatic carbocycles. The first kappa shape index (κ1) is 16.8. The second-order valence-corrected chi connectivity index (χ2v) is 8.02. The number of hydrogen-bond acceptors (Lipinski definition) is 4. The number of primary amides is 1. The number of methoxy groups -OCH3 is 1. The van der Waals surface area contributed by atoms with Gasteiger partial charge in [-0.1, -0.05) is 15.9 Å². The largest absolute Gasteiger partial charge is 0.497 e. The second kappa shape index (κ2) is 6.10. The van der Waals surface area contributed by atoms with Gasteiger partial charge >= 0.3 is 0 Å². The van der Waals surface area contributed by atoms with Gasteiger partial charge in [0.15, 0.2) is 0 Å². The Balaban J connectivity index is 2.11. The molecule has 1 atom stereocenters. The zero-order valence-electron chi connectivity index (χ0n) is 12.7. The third kappa shape index (κ3) is 2.76. The first-order valence-corrected chi connectivity index (χ1v) is 9.26. The van der Waals surface area contributed by atoms with Gasteiger partial charge in [-0.25, -0.2) is 8.42 Å². The Hall–Kier alpha value is -2.06. The van der Waals surface area contributed by atoms with Gasteiger partial charge in [0.1, 0.15) is 11.8 Å². The molecule has 3 rings (SSSR count). The van der Waals surface area contributed by atoms with Crippen LogP contribution in [0.25, 0.3) is 0 Å². The highest BCUT2D eigenvalue weighted by molar-refractivity contribution is 9.10. The van der Waals surface area contributed by atoms with Crippen molar-refractivity contribution in [3.63, 3.8) is 0 Å². The van der Waals surface area contributed by atoms with Crippen LogP contribution in [0.15, 0.2) is 45.8 Å². The van der Waals surface area contributed by atoms with Crippen LogP contribution in [0.3, 0.4) is 0 Å². The number of nitrogens with two attached hydrogens (primary N) is 1. The monoisotopic (exact) mass is 409 g/mol. The topological polar surface area (TPSA) is 89.7 Å². The molecular formula is C16H14BrN2O4S. The molecule has 1 aliphatic heterocycles. The van der Waals surface area contributed by atoms with Crippen molar-refractivity contribution in [1.29, 1.82) is 0 Å². The number of carbonyl (C=O) groups is 1. The summed E-state index contributed by atoms with van der Waals surface area (Å²) in [4.78, 5) is 11.9. The number of nitrogens with zero attached hydrogens (tertiary/aromatic N) is 1. The molecule has 1 unspecified atom stereocenters. The number of ether oxygens (including phenoxy) is 1. The molecule has 1 radical (unpaired) electrons.